The van der Waals surface area contributed by atoms with Gasteiger partial charge in [0.2, 0.25) is 0 Å². The third kappa shape index (κ3) is 1.88. The van der Waals surface area contributed by atoms with E-state index in [4.69, 9.17) is 22.0 Å². The summed E-state index contributed by atoms with van der Waals surface area (Å²) in [6.45, 7) is 0. The molecule has 14 heavy (non-hydrogen) atoms. The number of nitriles is 1. The van der Waals surface area contributed by atoms with Gasteiger partial charge in [-0.15, -0.1) is 0 Å². The molecule has 0 unspecified atom stereocenters. The standard InChI is InChI=1S/C9H7ClFNO2/c10-6-4-7(13)8(11)5(9(6)14)2-1-3-12/h4,13-14H,1-2H2. The molecule has 0 amide bonds. The number of hydrogen-bond acceptors (Lipinski definition) is 3. The van der Waals surface area contributed by atoms with Gasteiger partial charge < -0.3 is 10.2 Å². The molecule has 1 rings (SSSR count). The van der Waals surface area contributed by atoms with Gasteiger partial charge in [-0.05, 0) is 6.42 Å². The van der Waals surface area contributed by atoms with Crippen LogP contribution in [0.4, 0.5) is 4.39 Å². The average Bonchev–Trinajstić information content (AvgIpc) is 2.15. The molecule has 0 fully saturated rings. The van der Waals surface area contributed by atoms with E-state index in [-0.39, 0.29) is 23.4 Å². The van der Waals surface area contributed by atoms with Crippen LogP contribution in [0.25, 0.3) is 0 Å². The average molecular weight is 216 g/mol. The minimum absolute atomic E-state index is 0.0162. The van der Waals surface area contributed by atoms with Gasteiger partial charge in [0.05, 0.1) is 11.1 Å². The van der Waals surface area contributed by atoms with Crippen LogP contribution in [0.15, 0.2) is 6.07 Å². The Kier molecular flexibility index (Phi) is 3.15. The summed E-state index contributed by atoms with van der Waals surface area (Å²) in [5, 5.41) is 26.6. The van der Waals surface area contributed by atoms with E-state index in [9.17, 15) is 9.50 Å². The molecule has 0 atom stereocenters. The Morgan fingerprint density at radius 2 is 2.14 bits per heavy atom. The molecule has 0 aromatic heterocycles. The first-order chi connectivity index (χ1) is 6.57. The smallest absolute Gasteiger partial charge is 0.171 e. The number of hydrogen-bond donors (Lipinski definition) is 2. The van der Waals surface area contributed by atoms with Crippen LogP contribution in [0.1, 0.15) is 12.0 Å². The number of halogens is 2. The van der Waals surface area contributed by atoms with Crippen molar-refractivity contribution in [2.24, 2.45) is 0 Å². The van der Waals surface area contributed by atoms with E-state index in [2.05, 4.69) is 0 Å². The molecule has 2 N–H and O–H groups in total. The molecular formula is C9H7ClFNO2. The lowest BCUT2D eigenvalue weighted by atomic mass is 10.1. The topological polar surface area (TPSA) is 64.2 Å². The minimum atomic E-state index is -0.929. The summed E-state index contributed by atoms with van der Waals surface area (Å²) in [6.07, 6.45) is 0.0621. The molecule has 5 heteroatoms. The van der Waals surface area contributed by atoms with Crippen molar-refractivity contribution in [3.8, 4) is 17.6 Å². The van der Waals surface area contributed by atoms with Crippen molar-refractivity contribution in [2.75, 3.05) is 0 Å². The summed E-state index contributed by atoms with van der Waals surface area (Å²) in [4.78, 5) is 0. The highest BCUT2D eigenvalue weighted by Gasteiger charge is 2.15. The van der Waals surface area contributed by atoms with Gasteiger partial charge in [-0.1, -0.05) is 11.6 Å². The van der Waals surface area contributed by atoms with Gasteiger partial charge in [0.25, 0.3) is 0 Å². The summed E-state index contributed by atoms with van der Waals surface area (Å²) in [6, 6.07) is 2.73. The van der Waals surface area contributed by atoms with Crippen LogP contribution in [0.3, 0.4) is 0 Å². The Morgan fingerprint density at radius 1 is 1.50 bits per heavy atom. The molecule has 0 heterocycles. The zero-order chi connectivity index (χ0) is 10.7. The first kappa shape index (κ1) is 10.6. The highest BCUT2D eigenvalue weighted by Crippen LogP contribution is 2.35. The van der Waals surface area contributed by atoms with Gasteiger partial charge >= 0.3 is 0 Å². The number of rotatable bonds is 2. The van der Waals surface area contributed by atoms with Crippen LogP contribution in [0.2, 0.25) is 5.02 Å². The first-order valence-corrected chi connectivity index (χ1v) is 4.21. The Morgan fingerprint density at radius 3 is 2.71 bits per heavy atom. The highest BCUT2D eigenvalue weighted by atomic mass is 35.5. The van der Waals surface area contributed by atoms with Gasteiger partial charge in [0.15, 0.2) is 11.6 Å². The van der Waals surface area contributed by atoms with Gasteiger partial charge in [-0.2, -0.15) is 5.26 Å². The fourth-order valence-electron chi connectivity index (χ4n) is 1.06. The fraction of sp³-hybridized carbons (Fsp3) is 0.222. The molecule has 0 bridgehead atoms. The second-order valence-electron chi connectivity index (χ2n) is 2.68. The molecule has 0 aliphatic heterocycles. The molecule has 0 spiro atoms. The number of phenolic OH excluding ortho intramolecular Hbond substituents is 2. The third-order valence-electron chi connectivity index (χ3n) is 1.75. The number of benzene rings is 1. The predicted octanol–water partition coefficient (Wildman–Crippen LogP) is 2.35. The van der Waals surface area contributed by atoms with Crippen LogP contribution in [0, 0.1) is 17.1 Å². The molecule has 1 aromatic rings. The molecule has 1 aromatic carbocycles. The van der Waals surface area contributed by atoms with Gasteiger partial charge in [-0.3, -0.25) is 0 Å². The van der Waals surface area contributed by atoms with Crippen LogP contribution < -0.4 is 0 Å². The maximum absolute atomic E-state index is 13.2. The molecular weight excluding hydrogens is 209 g/mol. The monoisotopic (exact) mass is 215 g/mol. The zero-order valence-corrected chi connectivity index (χ0v) is 7.85. The van der Waals surface area contributed by atoms with E-state index in [1.165, 1.54) is 0 Å². The Labute approximate surface area is 85.0 Å². The molecule has 0 aliphatic rings. The van der Waals surface area contributed by atoms with Crippen molar-refractivity contribution in [1.82, 2.24) is 0 Å². The quantitative estimate of drug-likeness (QED) is 0.745. The van der Waals surface area contributed by atoms with E-state index < -0.39 is 17.3 Å². The Balaban J connectivity index is 3.19. The molecule has 0 saturated carbocycles. The maximum atomic E-state index is 13.2. The van der Waals surface area contributed by atoms with E-state index >= 15 is 0 Å². The molecule has 74 valence electrons. The normalized spacial score (nSPS) is 9.79. The minimum Gasteiger partial charge on any atom is -0.506 e. The SMILES string of the molecule is N#CCCc1c(O)c(Cl)cc(O)c1F. The van der Waals surface area contributed by atoms with Gasteiger partial charge in [-0.25, -0.2) is 4.39 Å². The predicted molar refractivity (Wildman–Crippen MR) is 48.7 cm³/mol. The van der Waals surface area contributed by atoms with Gasteiger partial charge in [0, 0.05) is 18.1 Å². The number of aromatic hydroxyl groups is 2. The van der Waals surface area contributed by atoms with Crippen molar-refractivity contribution in [1.29, 1.82) is 5.26 Å². The molecule has 3 nitrogen and oxygen atoms in total. The summed E-state index contributed by atoms with van der Waals surface area (Å²) in [5.74, 6) is -1.97. The molecule has 0 aliphatic carbocycles. The number of phenols is 2. The fourth-order valence-corrected chi connectivity index (χ4v) is 1.28. The summed E-state index contributed by atoms with van der Waals surface area (Å²) < 4.78 is 13.2. The van der Waals surface area contributed by atoms with E-state index in [0.29, 0.717) is 0 Å². The van der Waals surface area contributed by atoms with Crippen molar-refractivity contribution in [3.05, 3.63) is 22.5 Å². The number of nitrogens with zero attached hydrogens (tertiary/aromatic N) is 1. The summed E-state index contributed by atoms with van der Waals surface area (Å²) in [5.41, 5.74) is -0.128. The second-order valence-corrected chi connectivity index (χ2v) is 3.08. The van der Waals surface area contributed by atoms with E-state index in [0.717, 1.165) is 6.07 Å². The first-order valence-electron chi connectivity index (χ1n) is 3.83. The summed E-state index contributed by atoms with van der Waals surface area (Å²) in [7, 11) is 0. The second kappa shape index (κ2) is 4.16. The third-order valence-corrected chi connectivity index (χ3v) is 2.04. The van der Waals surface area contributed by atoms with Crippen molar-refractivity contribution in [2.45, 2.75) is 12.8 Å². The molecule has 0 saturated heterocycles. The Bertz CT molecular complexity index is 375. The molecule has 0 radical (unpaired) electrons. The van der Waals surface area contributed by atoms with Crippen molar-refractivity contribution >= 4 is 11.6 Å². The summed E-state index contributed by atoms with van der Waals surface area (Å²) >= 11 is 5.51. The highest BCUT2D eigenvalue weighted by molar-refractivity contribution is 6.32. The largest absolute Gasteiger partial charge is 0.506 e. The van der Waals surface area contributed by atoms with E-state index in [1.54, 1.807) is 0 Å². The van der Waals surface area contributed by atoms with Crippen LogP contribution in [-0.4, -0.2) is 10.2 Å². The lowest BCUT2D eigenvalue weighted by Crippen LogP contribution is -1.92. The van der Waals surface area contributed by atoms with Crippen molar-refractivity contribution < 1.29 is 14.6 Å². The van der Waals surface area contributed by atoms with Crippen LogP contribution in [-0.2, 0) is 6.42 Å². The lowest BCUT2D eigenvalue weighted by molar-refractivity contribution is 0.413. The van der Waals surface area contributed by atoms with Gasteiger partial charge in [0.1, 0.15) is 5.75 Å². The Hall–Kier alpha value is -1.47. The van der Waals surface area contributed by atoms with E-state index in [1.807, 2.05) is 6.07 Å². The zero-order valence-electron chi connectivity index (χ0n) is 7.09. The van der Waals surface area contributed by atoms with Crippen LogP contribution in [0.5, 0.6) is 11.5 Å². The lowest BCUT2D eigenvalue weighted by Gasteiger charge is -2.07. The van der Waals surface area contributed by atoms with Crippen molar-refractivity contribution in [3.63, 3.8) is 0 Å². The van der Waals surface area contributed by atoms with Crippen LogP contribution >= 0.6 is 11.6 Å². The maximum Gasteiger partial charge on any atom is 0.171 e.